The number of rotatable bonds is 4. The van der Waals surface area contributed by atoms with Crippen molar-refractivity contribution < 1.29 is 9.53 Å². The molecule has 0 amide bonds. The zero-order chi connectivity index (χ0) is 14.6. The molecule has 0 aromatic heterocycles. The number of esters is 1. The van der Waals surface area contributed by atoms with E-state index in [0.29, 0.717) is 6.61 Å². The van der Waals surface area contributed by atoms with Crippen molar-refractivity contribution in [3.8, 4) is 0 Å². The topological polar surface area (TPSA) is 38.3 Å². The first kappa shape index (κ1) is 15.4. The number of benzene rings is 1. The number of anilines is 1. The third kappa shape index (κ3) is 3.00. The second kappa shape index (κ2) is 6.61. The van der Waals surface area contributed by atoms with E-state index in [2.05, 4.69) is 28.2 Å². The highest BCUT2D eigenvalue weighted by molar-refractivity contribution is 9.10. The maximum Gasteiger partial charge on any atom is 0.332 e. The van der Waals surface area contributed by atoms with Crippen LogP contribution in [0.4, 0.5) is 5.69 Å². The fourth-order valence-corrected chi connectivity index (χ4v) is 3.33. The summed E-state index contributed by atoms with van der Waals surface area (Å²) in [4.78, 5) is 12.5. The lowest BCUT2D eigenvalue weighted by molar-refractivity contribution is -0.151. The molecule has 0 radical (unpaired) electrons. The van der Waals surface area contributed by atoms with E-state index >= 15 is 0 Å². The Labute approximate surface area is 129 Å². The predicted octanol–water partition coefficient (Wildman–Crippen LogP) is 4.37. The van der Waals surface area contributed by atoms with Gasteiger partial charge in [0, 0.05) is 10.2 Å². The van der Waals surface area contributed by atoms with Crippen LogP contribution in [-0.4, -0.2) is 18.1 Å². The fraction of sp³-hybridized carbons (Fsp3) is 0.562. The Balaban J connectivity index is 2.31. The minimum atomic E-state index is -0.599. The molecule has 4 heteroatoms. The van der Waals surface area contributed by atoms with Gasteiger partial charge in [0.05, 0.1) is 6.61 Å². The Morgan fingerprint density at radius 1 is 1.45 bits per heavy atom. The van der Waals surface area contributed by atoms with Crippen LogP contribution in [0.5, 0.6) is 0 Å². The molecule has 1 fully saturated rings. The lowest BCUT2D eigenvalue weighted by atomic mass is 9.73. The molecule has 2 rings (SSSR count). The Hall–Kier alpha value is -1.03. The average molecular weight is 340 g/mol. The van der Waals surface area contributed by atoms with Gasteiger partial charge in [0.15, 0.2) is 0 Å². The van der Waals surface area contributed by atoms with Gasteiger partial charge >= 0.3 is 5.97 Å². The summed E-state index contributed by atoms with van der Waals surface area (Å²) < 4.78 is 6.32. The molecule has 3 nitrogen and oxygen atoms in total. The Morgan fingerprint density at radius 3 is 2.85 bits per heavy atom. The van der Waals surface area contributed by atoms with E-state index in [1.54, 1.807) is 0 Å². The van der Waals surface area contributed by atoms with E-state index in [-0.39, 0.29) is 11.9 Å². The number of hydrogen-bond donors (Lipinski definition) is 1. The highest BCUT2D eigenvalue weighted by Crippen LogP contribution is 2.39. The molecule has 110 valence electrons. The molecular weight excluding hydrogens is 318 g/mol. The van der Waals surface area contributed by atoms with Crippen LogP contribution >= 0.6 is 15.9 Å². The molecule has 0 heterocycles. The molecule has 1 aromatic rings. The van der Waals surface area contributed by atoms with Gasteiger partial charge < -0.3 is 10.1 Å². The normalized spacial score (nSPS) is 26.1. The van der Waals surface area contributed by atoms with E-state index in [1.807, 2.05) is 31.2 Å². The second-order valence-electron chi connectivity index (χ2n) is 5.44. The van der Waals surface area contributed by atoms with Crippen LogP contribution in [0.15, 0.2) is 28.7 Å². The number of para-hydroxylation sites is 1. The van der Waals surface area contributed by atoms with Crippen molar-refractivity contribution >= 4 is 27.6 Å². The quantitative estimate of drug-likeness (QED) is 0.827. The molecule has 1 aliphatic carbocycles. The van der Waals surface area contributed by atoms with Crippen LogP contribution in [-0.2, 0) is 9.53 Å². The van der Waals surface area contributed by atoms with Gasteiger partial charge in [-0.1, -0.05) is 31.9 Å². The zero-order valence-corrected chi connectivity index (χ0v) is 13.7. The summed E-state index contributed by atoms with van der Waals surface area (Å²) in [6.07, 6.45) is 4.12. The Bertz CT molecular complexity index is 477. The molecule has 2 atom stereocenters. The minimum Gasteiger partial charge on any atom is -0.464 e. The summed E-state index contributed by atoms with van der Waals surface area (Å²) in [5.41, 5.74) is 0.354. The van der Waals surface area contributed by atoms with E-state index in [1.165, 1.54) is 6.42 Å². The molecule has 0 spiro atoms. The monoisotopic (exact) mass is 339 g/mol. The number of nitrogens with one attached hydrogen (secondary N) is 1. The first-order valence-corrected chi connectivity index (χ1v) is 8.09. The van der Waals surface area contributed by atoms with E-state index in [9.17, 15) is 4.79 Å². The Kier molecular flexibility index (Phi) is 5.08. The number of carbonyl (C=O) groups is 1. The molecule has 20 heavy (non-hydrogen) atoms. The fourth-order valence-electron chi connectivity index (χ4n) is 2.95. The van der Waals surface area contributed by atoms with Gasteiger partial charge in [-0.2, -0.15) is 0 Å². The maximum atomic E-state index is 12.5. The third-order valence-electron chi connectivity index (χ3n) is 4.17. The van der Waals surface area contributed by atoms with E-state index in [0.717, 1.165) is 29.4 Å². The van der Waals surface area contributed by atoms with Crippen LogP contribution in [0.1, 0.15) is 39.5 Å². The van der Waals surface area contributed by atoms with Gasteiger partial charge in [0.1, 0.15) is 5.54 Å². The van der Waals surface area contributed by atoms with Crippen molar-refractivity contribution in [2.45, 2.75) is 45.1 Å². The molecule has 1 aromatic carbocycles. The summed E-state index contributed by atoms with van der Waals surface area (Å²) in [5, 5.41) is 3.48. The number of halogens is 1. The van der Waals surface area contributed by atoms with E-state index < -0.39 is 5.54 Å². The zero-order valence-electron chi connectivity index (χ0n) is 12.1. The summed E-state index contributed by atoms with van der Waals surface area (Å²) in [6, 6.07) is 7.91. The summed E-state index contributed by atoms with van der Waals surface area (Å²) in [5.74, 6) is 0.144. The second-order valence-corrected chi connectivity index (χ2v) is 6.30. The Morgan fingerprint density at radius 2 is 2.20 bits per heavy atom. The highest BCUT2D eigenvalue weighted by atomic mass is 79.9. The first-order valence-electron chi connectivity index (χ1n) is 7.30. The van der Waals surface area contributed by atoms with Crippen molar-refractivity contribution in [3.63, 3.8) is 0 Å². The molecule has 0 bridgehead atoms. The van der Waals surface area contributed by atoms with E-state index in [4.69, 9.17) is 4.74 Å². The van der Waals surface area contributed by atoms with Crippen molar-refractivity contribution in [3.05, 3.63) is 28.7 Å². The molecular formula is C16H22BrNO2. The van der Waals surface area contributed by atoms with Crippen molar-refractivity contribution in [1.82, 2.24) is 0 Å². The van der Waals surface area contributed by atoms with Crippen LogP contribution < -0.4 is 5.32 Å². The number of carbonyl (C=O) groups excluding carboxylic acids is 1. The molecule has 2 unspecified atom stereocenters. The lowest BCUT2D eigenvalue weighted by Crippen LogP contribution is -2.54. The molecule has 0 aliphatic heterocycles. The third-order valence-corrected chi connectivity index (χ3v) is 4.86. The maximum absolute atomic E-state index is 12.5. The highest BCUT2D eigenvalue weighted by Gasteiger charge is 2.46. The smallest absolute Gasteiger partial charge is 0.332 e. The SMILES string of the molecule is CCOC(=O)C1(Nc2ccccc2Br)CCCCC1C. The molecule has 1 aliphatic rings. The van der Waals surface area contributed by atoms with Gasteiger partial charge in [0.25, 0.3) is 0 Å². The summed E-state index contributed by atoms with van der Waals surface area (Å²) in [6.45, 7) is 4.42. The van der Waals surface area contributed by atoms with Crippen LogP contribution in [0, 0.1) is 5.92 Å². The minimum absolute atomic E-state index is 0.122. The number of ether oxygens (including phenoxy) is 1. The van der Waals surface area contributed by atoms with Gasteiger partial charge in [-0.15, -0.1) is 0 Å². The standard InChI is InChI=1S/C16H22BrNO2/c1-3-20-15(19)16(11-7-6-8-12(16)2)18-14-10-5-4-9-13(14)17/h4-5,9-10,12,18H,3,6-8,11H2,1-2H3. The predicted molar refractivity (Wildman–Crippen MR) is 84.8 cm³/mol. The summed E-state index contributed by atoms with van der Waals surface area (Å²) in [7, 11) is 0. The van der Waals surface area contributed by atoms with Crippen LogP contribution in [0.25, 0.3) is 0 Å². The van der Waals surface area contributed by atoms with Gasteiger partial charge in [0.2, 0.25) is 0 Å². The van der Waals surface area contributed by atoms with Crippen molar-refractivity contribution in [2.75, 3.05) is 11.9 Å². The lowest BCUT2D eigenvalue weighted by Gasteiger charge is -2.41. The average Bonchev–Trinajstić information content (AvgIpc) is 2.44. The molecule has 1 saturated carbocycles. The first-order chi connectivity index (χ1) is 9.60. The number of hydrogen-bond acceptors (Lipinski definition) is 3. The van der Waals surface area contributed by atoms with Crippen LogP contribution in [0.3, 0.4) is 0 Å². The van der Waals surface area contributed by atoms with Crippen LogP contribution in [0.2, 0.25) is 0 Å². The van der Waals surface area contributed by atoms with Gasteiger partial charge in [-0.3, -0.25) is 0 Å². The van der Waals surface area contributed by atoms with Gasteiger partial charge in [-0.05, 0) is 53.7 Å². The summed E-state index contributed by atoms with van der Waals surface area (Å²) >= 11 is 3.54. The van der Waals surface area contributed by atoms with Crippen molar-refractivity contribution in [2.24, 2.45) is 5.92 Å². The van der Waals surface area contributed by atoms with Crippen molar-refractivity contribution in [1.29, 1.82) is 0 Å². The molecule has 1 N–H and O–H groups in total. The largest absolute Gasteiger partial charge is 0.464 e. The molecule has 0 saturated heterocycles. The van der Waals surface area contributed by atoms with Gasteiger partial charge in [-0.25, -0.2) is 4.79 Å².